The summed E-state index contributed by atoms with van der Waals surface area (Å²) >= 11 is 11.7. The molecule has 4 rings (SSSR count). The van der Waals surface area contributed by atoms with E-state index in [-0.39, 0.29) is 18.1 Å². The van der Waals surface area contributed by atoms with E-state index >= 15 is 0 Å². The molecule has 0 spiro atoms. The number of ether oxygens (including phenoxy) is 1. The second-order valence-electron chi connectivity index (χ2n) is 6.90. The van der Waals surface area contributed by atoms with Crippen LogP contribution in [0, 0.1) is 10.6 Å². The summed E-state index contributed by atoms with van der Waals surface area (Å²) in [6.07, 6.45) is 1.81. The van der Waals surface area contributed by atoms with Crippen LogP contribution in [0.2, 0.25) is 5.02 Å². The molecule has 3 aromatic carbocycles. The lowest BCUT2D eigenvalue weighted by atomic mass is 10.1. The van der Waals surface area contributed by atoms with Gasteiger partial charge < -0.3 is 9.30 Å². The molecule has 31 heavy (non-hydrogen) atoms. The molecule has 0 aliphatic heterocycles. The second kappa shape index (κ2) is 8.88. The molecular formula is C24H18ClFN2O2S. The molecule has 1 aromatic heterocycles. The molecule has 0 radical (unpaired) electrons. The molecule has 0 atom stereocenters. The average molecular weight is 453 g/mol. The van der Waals surface area contributed by atoms with Crippen LogP contribution in [0.25, 0.3) is 16.9 Å². The Labute approximate surface area is 189 Å². The van der Waals surface area contributed by atoms with E-state index < -0.39 is 0 Å². The molecule has 0 fully saturated rings. The van der Waals surface area contributed by atoms with Gasteiger partial charge >= 0.3 is 0 Å². The molecular weight excluding hydrogens is 435 g/mol. The van der Waals surface area contributed by atoms with Crippen LogP contribution in [-0.4, -0.2) is 22.0 Å². The number of Topliss-reactive ketones (excluding diaryl/α,β-unsaturated/α-hetero) is 1. The first-order chi connectivity index (χ1) is 15.0. The summed E-state index contributed by atoms with van der Waals surface area (Å²) < 4.78 is 22.6. The van der Waals surface area contributed by atoms with E-state index in [1.165, 1.54) is 12.1 Å². The third-order valence-electron chi connectivity index (χ3n) is 4.91. The number of methoxy groups -OCH3 is 1. The van der Waals surface area contributed by atoms with Crippen molar-refractivity contribution in [3.8, 4) is 22.7 Å². The Morgan fingerprint density at radius 3 is 2.26 bits per heavy atom. The monoisotopic (exact) mass is 452 g/mol. The first-order valence-electron chi connectivity index (χ1n) is 9.47. The number of carbonyl (C=O) groups is 1. The van der Waals surface area contributed by atoms with Gasteiger partial charge in [0.1, 0.15) is 11.6 Å². The van der Waals surface area contributed by atoms with Gasteiger partial charge in [-0.1, -0.05) is 11.6 Å². The number of hydrogen-bond acceptors (Lipinski definition) is 3. The minimum Gasteiger partial charge on any atom is -0.497 e. The summed E-state index contributed by atoms with van der Waals surface area (Å²) in [5.74, 6) is 0.271. The maximum atomic E-state index is 13.5. The summed E-state index contributed by atoms with van der Waals surface area (Å²) in [5.41, 5.74) is 2.88. The van der Waals surface area contributed by atoms with Gasteiger partial charge in [-0.15, -0.1) is 0 Å². The van der Waals surface area contributed by atoms with Crippen molar-refractivity contribution in [2.75, 3.05) is 7.11 Å². The van der Waals surface area contributed by atoms with Crippen molar-refractivity contribution in [2.45, 2.75) is 6.54 Å². The van der Waals surface area contributed by atoms with E-state index in [0.29, 0.717) is 21.1 Å². The number of imidazole rings is 1. The summed E-state index contributed by atoms with van der Waals surface area (Å²) in [4.78, 5) is 12.9. The van der Waals surface area contributed by atoms with Crippen molar-refractivity contribution in [2.24, 2.45) is 0 Å². The molecule has 0 saturated carbocycles. The van der Waals surface area contributed by atoms with Crippen molar-refractivity contribution in [1.29, 1.82) is 0 Å². The SMILES string of the molecule is COc1ccc(C(=O)Cn2cc(-c3ccc(F)cc3)n(-c3ccc(Cl)cc3)c2=S)cc1. The standard InChI is InChI=1S/C24H18ClFN2O2S/c1-30-21-12-4-17(5-13-21)23(29)15-27-14-22(16-2-8-19(26)9-3-16)28(24(27)31)20-10-6-18(25)7-11-20/h2-14H,15H2,1H3. The fraction of sp³-hybridized carbons (Fsp3) is 0.0833. The highest BCUT2D eigenvalue weighted by atomic mass is 35.5. The Bertz CT molecular complexity index is 1280. The first-order valence-corrected chi connectivity index (χ1v) is 10.3. The lowest BCUT2D eigenvalue weighted by Crippen LogP contribution is -2.10. The smallest absolute Gasteiger partial charge is 0.185 e. The largest absolute Gasteiger partial charge is 0.497 e. The second-order valence-corrected chi connectivity index (χ2v) is 7.70. The van der Waals surface area contributed by atoms with Gasteiger partial charge in [0, 0.05) is 28.0 Å². The van der Waals surface area contributed by atoms with Gasteiger partial charge in [0.05, 0.1) is 19.3 Å². The predicted octanol–water partition coefficient (Wildman–Crippen LogP) is 6.36. The van der Waals surface area contributed by atoms with Crippen LogP contribution in [0.3, 0.4) is 0 Å². The molecule has 0 aliphatic rings. The van der Waals surface area contributed by atoms with Crippen molar-refractivity contribution >= 4 is 29.6 Å². The molecule has 0 N–H and O–H groups in total. The molecule has 0 aliphatic carbocycles. The number of benzene rings is 3. The van der Waals surface area contributed by atoms with E-state index in [2.05, 4.69) is 0 Å². The molecule has 0 unspecified atom stereocenters. The van der Waals surface area contributed by atoms with Crippen molar-refractivity contribution in [3.05, 3.63) is 100 Å². The van der Waals surface area contributed by atoms with Gasteiger partial charge in [-0.25, -0.2) is 4.39 Å². The van der Waals surface area contributed by atoms with Gasteiger partial charge in [-0.3, -0.25) is 9.36 Å². The fourth-order valence-electron chi connectivity index (χ4n) is 3.29. The van der Waals surface area contributed by atoms with Crippen LogP contribution in [0.15, 0.2) is 79.0 Å². The molecule has 0 saturated heterocycles. The first kappa shape index (κ1) is 21.0. The molecule has 7 heteroatoms. The number of rotatable bonds is 6. The number of ketones is 1. The average Bonchev–Trinajstić information content (AvgIpc) is 3.10. The molecule has 0 amide bonds. The van der Waals surface area contributed by atoms with Gasteiger partial charge in [0.15, 0.2) is 10.6 Å². The molecule has 1 heterocycles. The van der Waals surface area contributed by atoms with Crippen LogP contribution in [0.5, 0.6) is 5.75 Å². The Morgan fingerprint density at radius 1 is 1.00 bits per heavy atom. The summed E-state index contributed by atoms with van der Waals surface area (Å²) in [6.45, 7) is 0.0694. The highest BCUT2D eigenvalue weighted by Gasteiger charge is 2.16. The lowest BCUT2D eigenvalue weighted by molar-refractivity contribution is 0.0971. The number of aromatic nitrogens is 2. The maximum absolute atomic E-state index is 13.5. The van der Waals surface area contributed by atoms with Crippen molar-refractivity contribution in [3.63, 3.8) is 0 Å². The summed E-state index contributed by atoms with van der Waals surface area (Å²) in [6, 6.07) is 20.3. The molecule has 0 bridgehead atoms. The van der Waals surface area contributed by atoms with Crippen LogP contribution in [-0.2, 0) is 6.54 Å². The van der Waals surface area contributed by atoms with Gasteiger partial charge in [0.25, 0.3) is 0 Å². The van der Waals surface area contributed by atoms with Crippen molar-refractivity contribution in [1.82, 2.24) is 9.13 Å². The highest BCUT2D eigenvalue weighted by molar-refractivity contribution is 7.71. The van der Waals surface area contributed by atoms with E-state index in [1.54, 1.807) is 60.2 Å². The summed E-state index contributed by atoms with van der Waals surface area (Å²) in [7, 11) is 1.58. The third kappa shape index (κ3) is 4.45. The minimum atomic E-state index is -0.325. The highest BCUT2D eigenvalue weighted by Crippen LogP contribution is 2.26. The predicted molar refractivity (Wildman–Crippen MR) is 122 cm³/mol. The van der Waals surface area contributed by atoms with Gasteiger partial charge in [-0.2, -0.15) is 0 Å². The maximum Gasteiger partial charge on any atom is 0.185 e. The zero-order chi connectivity index (χ0) is 22.0. The number of halogens is 2. The van der Waals surface area contributed by atoms with E-state index in [1.807, 2.05) is 22.9 Å². The molecule has 4 nitrogen and oxygen atoms in total. The number of nitrogens with zero attached hydrogens (tertiary/aromatic N) is 2. The summed E-state index contributed by atoms with van der Waals surface area (Å²) in [5, 5.41) is 0.604. The fourth-order valence-corrected chi connectivity index (χ4v) is 3.74. The zero-order valence-corrected chi connectivity index (χ0v) is 18.2. The lowest BCUT2D eigenvalue weighted by Gasteiger charge is -2.09. The van der Waals surface area contributed by atoms with E-state index in [4.69, 9.17) is 28.6 Å². The third-order valence-corrected chi connectivity index (χ3v) is 5.58. The quantitative estimate of drug-likeness (QED) is 0.252. The molecule has 4 aromatic rings. The van der Waals surface area contributed by atoms with E-state index in [0.717, 1.165) is 16.9 Å². The van der Waals surface area contributed by atoms with Crippen LogP contribution in [0.4, 0.5) is 4.39 Å². The Kier molecular flexibility index (Phi) is 6.02. The Hall–Kier alpha value is -3.22. The van der Waals surface area contributed by atoms with Gasteiger partial charge in [0.2, 0.25) is 0 Å². The zero-order valence-electron chi connectivity index (χ0n) is 16.6. The molecule has 156 valence electrons. The number of hydrogen-bond donors (Lipinski definition) is 0. The van der Waals surface area contributed by atoms with Crippen LogP contribution >= 0.6 is 23.8 Å². The Balaban J connectivity index is 1.77. The topological polar surface area (TPSA) is 36.2 Å². The van der Waals surface area contributed by atoms with E-state index in [9.17, 15) is 9.18 Å². The van der Waals surface area contributed by atoms with Crippen LogP contribution in [0.1, 0.15) is 10.4 Å². The van der Waals surface area contributed by atoms with Crippen molar-refractivity contribution < 1.29 is 13.9 Å². The minimum absolute atomic E-state index is 0.0694. The normalized spacial score (nSPS) is 10.8. The van der Waals surface area contributed by atoms with Gasteiger partial charge in [-0.05, 0) is 85.0 Å². The van der Waals surface area contributed by atoms with Crippen LogP contribution < -0.4 is 4.74 Å². The Morgan fingerprint density at radius 2 is 1.65 bits per heavy atom. The number of carbonyl (C=O) groups excluding carboxylic acids is 1.